The van der Waals surface area contributed by atoms with E-state index in [0.29, 0.717) is 23.7 Å². The largest absolute Gasteiger partial charge is 0.274 e. The first kappa shape index (κ1) is 10.5. The Kier molecular flexibility index (Phi) is 2.29. The molecule has 1 saturated heterocycles. The van der Waals surface area contributed by atoms with Crippen LogP contribution in [0.3, 0.4) is 0 Å². The van der Waals surface area contributed by atoms with Crippen molar-refractivity contribution in [2.24, 2.45) is 11.8 Å². The Morgan fingerprint density at radius 2 is 2.12 bits per heavy atom. The summed E-state index contributed by atoms with van der Waals surface area (Å²) in [4.78, 5) is 25.5. The number of carbonyl (C=O) groups is 2. The van der Waals surface area contributed by atoms with Gasteiger partial charge in [-0.1, -0.05) is 17.7 Å². The van der Waals surface area contributed by atoms with Gasteiger partial charge in [0, 0.05) is 11.1 Å². The van der Waals surface area contributed by atoms with E-state index in [1.165, 1.54) is 11.1 Å². The van der Waals surface area contributed by atoms with Gasteiger partial charge in [0.25, 0.3) is 0 Å². The van der Waals surface area contributed by atoms with E-state index in [1.807, 2.05) is 6.08 Å². The lowest BCUT2D eigenvalue weighted by molar-refractivity contribution is -0.122. The summed E-state index contributed by atoms with van der Waals surface area (Å²) < 4.78 is 0. The number of allylic oxidation sites excluding steroid dienone is 2. The van der Waals surface area contributed by atoms with Crippen molar-refractivity contribution in [3.05, 3.63) is 23.4 Å². The number of nitrogens with one attached hydrogen (secondary N) is 1. The number of aromatic amines is 1. The minimum Gasteiger partial charge on any atom is -0.274 e. The summed E-state index contributed by atoms with van der Waals surface area (Å²) in [6.07, 6.45) is 4.34. The second-order valence-electron chi connectivity index (χ2n) is 4.26. The van der Waals surface area contributed by atoms with Crippen LogP contribution in [0, 0.1) is 11.8 Å². The van der Waals surface area contributed by atoms with Crippen LogP contribution in [0.2, 0.25) is 0 Å². The average Bonchev–Trinajstić information content (AvgIpc) is 2.88. The third-order valence-electron chi connectivity index (χ3n) is 3.30. The zero-order valence-corrected chi connectivity index (χ0v) is 9.65. The van der Waals surface area contributed by atoms with Gasteiger partial charge in [0.05, 0.1) is 18.0 Å². The van der Waals surface area contributed by atoms with Crippen molar-refractivity contribution in [3.8, 4) is 0 Å². The number of aromatic nitrogens is 2. The Morgan fingerprint density at radius 3 is 2.82 bits per heavy atom. The lowest BCUT2D eigenvalue weighted by Gasteiger charge is -2.17. The van der Waals surface area contributed by atoms with Crippen molar-refractivity contribution in [3.63, 3.8) is 0 Å². The van der Waals surface area contributed by atoms with Crippen LogP contribution in [0.5, 0.6) is 0 Å². The number of rotatable bonds is 1. The van der Waals surface area contributed by atoms with Gasteiger partial charge in [0.15, 0.2) is 0 Å². The minimum absolute atomic E-state index is 0.162. The Morgan fingerprint density at radius 1 is 1.35 bits per heavy atom. The van der Waals surface area contributed by atoms with Gasteiger partial charge >= 0.3 is 0 Å². The third-order valence-corrected chi connectivity index (χ3v) is 3.60. The summed E-state index contributed by atoms with van der Waals surface area (Å²) in [7, 11) is 0. The van der Waals surface area contributed by atoms with Crippen LogP contribution in [0.15, 0.2) is 23.4 Å². The molecule has 0 saturated carbocycles. The minimum atomic E-state index is -0.316. The maximum atomic E-state index is 12.2. The molecule has 5 nitrogen and oxygen atoms in total. The van der Waals surface area contributed by atoms with E-state index in [1.54, 1.807) is 6.07 Å². The van der Waals surface area contributed by atoms with Gasteiger partial charge in [-0.15, -0.1) is 0 Å². The molecule has 0 aromatic carbocycles. The van der Waals surface area contributed by atoms with E-state index in [-0.39, 0.29) is 23.7 Å². The van der Waals surface area contributed by atoms with Crippen molar-refractivity contribution >= 4 is 29.2 Å². The molecule has 3 rings (SSSR count). The van der Waals surface area contributed by atoms with Crippen LogP contribution < -0.4 is 4.90 Å². The highest BCUT2D eigenvalue weighted by Gasteiger charge is 2.49. The van der Waals surface area contributed by atoms with Crippen molar-refractivity contribution < 1.29 is 9.59 Å². The molecular formula is C11H10ClN3O2. The SMILES string of the molecule is O=C1[C@H]2CC=C(Cl)C[C@H]2C(=O)N1c1ccn[nH]1. The van der Waals surface area contributed by atoms with Gasteiger partial charge in [-0.05, 0) is 12.8 Å². The van der Waals surface area contributed by atoms with Crippen molar-refractivity contribution in [2.75, 3.05) is 4.90 Å². The van der Waals surface area contributed by atoms with E-state index in [2.05, 4.69) is 10.2 Å². The van der Waals surface area contributed by atoms with Gasteiger partial charge in [-0.2, -0.15) is 5.10 Å². The predicted molar refractivity (Wildman–Crippen MR) is 61.2 cm³/mol. The molecule has 0 radical (unpaired) electrons. The zero-order chi connectivity index (χ0) is 12.0. The van der Waals surface area contributed by atoms with Gasteiger partial charge < -0.3 is 0 Å². The Hall–Kier alpha value is -1.62. The molecule has 6 heteroatoms. The van der Waals surface area contributed by atoms with E-state index in [9.17, 15) is 9.59 Å². The second kappa shape index (κ2) is 3.70. The summed E-state index contributed by atoms with van der Waals surface area (Å²) in [5.41, 5.74) is 0. The van der Waals surface area contributed by atoms with Gasteiger partial charge in [-0.25, -0.2) is 4.90 Å². The topological polar surface area (TPSA) is 66.1 Å². The first-order valence-electron chi connectivity index (χ1n) is 5.40. The van der Waals surface area contributed by atoms with Crippen LogP contribution >= 0.6 is 11.6 Å². The molecule has 1 fully saturated rings. The lowest BCUT2D eigenvalue weighted by atomic mass is 9.85. The number of fused-ring (bicyclic) bond motifs is 1. The molecule has 2 atom stereocenters. The normalized spacial score (nSPS) is 28.3. The second-order valence-corrected chi connectivity index (χ2v) is 4.74. The van der Waals surface area contributed by atoms with E-state index < -0.39 is 0 Å². The number of carbonyl (C=O) groups excluding carboxylic acids is 2. The maximum Gasteiger partial charge on any atom is 0.239 e. The summed E-state index contributed by atoms with van der Waals surface area (Å²) in [6.45, 7) is 0. The molecule has 2 heterocycles. The van der Waals surface area contributed by atoms with Crippen LogP contribution in [-0.4, -0.2) is 22.0 Å². The molecular weight excluding hydrogens is 242 g/mol. The van der Waals surface area contributed by atoms with Gasteiger partial charge in [0.1, 0.15) is 5.82 Å². The molecule has 1 aromatic rings. The van der Waals surface area contributed by atoms with Crippen molar-refractivity contribution in [1.29, 1.82) is 0 Å². The molecule has 0 unspecified atom stereocenters. The molecule has 1 aromatic heterocycles. The Bertz CT molecular complexity index is 509. The van der Waals surface area contributed by atoms with Crippen LogP contribution in [0.4, 0.5) is 5.82 Å². The number of amides is 2. The highest BCUT2D eigenvalue weighted by atomic mass is 35.5. The maximum absolute atomic E-state index is 12.2. The molecule has 0 bridgehead atoms. The predicted octanol–water partition coefficient (Wildman–Crippen LogP) is 1.43. The first-order valence-corrected chi connectivity index (χ1v) is 5.78. The fraction of sp³-hybridized carbons (Fsp3) is 0.364. The third kappa shape index (κ3) is 1.50. The number of anilines is 1. The highest BCUT2D eigenvalue weighted by molar-refractivity contribution is 6.30. The number of hydrogen-bond donors (Lipinski definition) is 1. The molecule has 88 valence electrons. The molecule has 2 aliphatic rings. The molecule has 17 heavy (non-hydrogen) atoms. The smallest absolute Gasteiger partial charge is 0.239 e. The summed E-state index contributed by atoms with van der Waals surface area (Å²) in [5.74, 6) is -0.498. The summed E-state index contributed by atoms with van der Waals surface area (Å²) in [6, 6.07) is 1.61. The number of nitrogens with zero attached hydrogens (tertiary/aromatic N) is 2. The van der Waals surface area contributed by atoms with E-state index in [4.69, 9.17) is 11.6 Å². The Balaban J connectivity index is 1.96. The van der Waals surface area contributed by atoms with Gasteiger partial charge in [-0.3, -0.25) is 14.7 Å². The quantitative estimate of drug-likeness (QED) is 0.768. The summed E-state index contributed by atoms with van der Waals surface area (Å²) in [5, 5.41) is 7.07. The molecule has 2 amide bonds. The monoisotopic (exact) mass is 251 g/mol. The van der Waals surface area contributed by atoms with Crippen LogP contribution in [-0.2, 0) is 9.59 Å². The molecule has 1 aliphatic carbocycles. The number of imide groups is 1. The molecule has 0 spiro atoms. The number of hydrogen-bond acceptors (Lipinski definition) is 3. The van der Waals surface area contributed by atoms with E-state index in [0.717, 1.165) is 0 Å². The van der Waals surface area contributed by atoms with Crippen molar-refractivity contribution in [1.82, 2.24) is 10.2 Å². The zero-order valence-electron chi connectivity index (χ0n) is 8.89. The fourth-order valence-corrected chi connectivity index (χ4v) is 2.69. The van der Waals surface area contributed by atoms with E-state index >= 15 is 0 Å². The molecule has 1 aliphatic heterocycles. The molecule has 1 N–H and O–H groups in total. The highest BCUT2D eigenvalue weighted by Crippen LogP contribution is 2.40. The average molecular weight is 252 g/mol. The Labute approximate surface area is 102 Å². The van der Waals surface area contributed by atoms with Crippen molar-refractivity contribution in [2.45, 2.75) is 12.8 Å². The first-order chi connectivity index (χ1) is 8.18. The van der Waals surface area contributed by atoms with Gasteiger partial charge in [0.2, 0.25) is 11.8 Å². The fourth-order valence-electron chi connectivity index (χ4n) is 2.44. The standard InChI is InChI=1S/C11H10ClN3O2/c12-6-1-2-7-8(5-6)11(17)15(10(7)16)9-3-4-13-14-9/h1,3-4,7-8H,2,5H2,(H,13,14)/t7-,8+/m0/s1. The van der Waals surface area contributed by atoms with Crippen LogP contribution in [0.25, 0.3) is 0 Å². The summed E-state index contributed by atoms with van der Waals surface area (Å²) >= 11 is 5.93. The lowest BCUT2D eigenvalue weighted by Crippen LogP contribution is -2.31. The number of halogens is 1. The number of H-pyrrole nitrogens is 1. The van der Waals surface area contributed by atoms with Crippen LogP contribution in [0.1, 0.15) is 12.8 Å².